The summed E-state index contributed by atoms with van der Waals surface area (Å²) in [5, 5.41) is 21.7. The molecule has 9 nitrogen and oxygen atoms in total. The molecule has 0 spiro atoms. The average Bonchev–Trinajstić information content (AvgIpc) is 2.66. The van der Waals surface area contributed by atoms with Crippen molar-refractivity contribution in [3.05, 3.63) is 22.7 Å². The second-order valence-electron chi connectivity index (χ2n) is 4.51. The van der Waals surface area contributed by atoms with Crippen LogP contribution in [0.3, 0.4) is 0 Å². The standard InChI is InChI=1S/C11H16N4O5/c1-5(17)13-8-9(18)6(4-16)20-10(8)15-3-2-7(12)14-11(15)19/h2-3,6,8-10,16,18H,4H2,1H3,(H,13,17)(H2,12,14,19)/t6-,8-,9-,10-/m1/s1. The van der Waals surface area contributed by atoms with E-state index in [0.29, 0.717) is 0 Å². The molecule has 0 aliphatic carbocycles. The van der Waals surface area contributed by atoms with Crippen LogP contribution in [0.2, 0.25) is 0 Å². The molecule has 20 heavy (non-hydrogen) atoms. The van der Waals surface area contributed by atoms with E-state index in [9.17, 15) is 14.7 Å². The third kappa shape index (κ3) is 2.64. The normalized spacial score (nSPS) is 29.4. The number of nitrogens with zero attached hydrogens (tertiary/aromatic N) is 2. The summed E-state index contributed by atoms with van der Waals surface area (Å²) in [6.07, 6.45) is -1.65. The smallest absolute Gasteiger partial charge is 0.351 e. The van der Waals surface area contributed by atoms with Crippen LogP contribution in [-0.4, -0.2) is 50.5 Å². The lowest BCUT2D eigenvalue weighted by atomic mass is 10.1. The number of aliphatic hydroxyl groups excluding tert-OH is 2. The molecule has 1 amide bonds. The number of hydrogen-bond acceptors (Lipinski definition) is 7. The lowest BCUT2D eigenvalue weighted by Gasteiger charge is -2.22. The summed E-state index contributed by atoms with van der Waals surface area (Å²) >= 11 is 0. The van der Waals surface area contributed by atoms with E-state index in [1.807, 2.05) is 0 Å². The molecule has 0 radical (unpaired) electrons. The maximum atomic E-state index is 11.8. The molecule has 1 aromatic rings. The number of anilines is 1. The zero-order valence-corrected chi connectivity index (χ0v) is 10.8. The van der Waals surface area contributed by atoms with Crippen LogP contribution in [0.25, 0.3) is 0 Å². The largest absolute Gasteiger partial charge is 0.394 e. The molecule has 1 aromatic heterocycles. The second kappa shape index (κ2) is 5.57. The maximum Gasteiger partial charge on any atom is 0.351 e. The van der Waals surface area contributed by atoms with Crippen molar-refractivity contribution in [3.63, 3.8) is 0 Å². The van der Waals surface area contributed by atoms with Gasteiger partial charge in [-0.15, -0.1) is 0 Å². The third-order valence-electron chi connectivity index (χ3n) is 3.05. The number of ether oxygens (including phenoxy) is 1. The number of carbonyl (C=O) groups is 1. The summed E-state index contributed by atoms with van der Waals surface area (Å²) in [5.74, 6) is -0.336. The van der Waals surface area contributed by atoms with Gasteiger partial charge < -0.3 is 26.0 Å². The number of rotatable bonds is 3. The maximum absolute atomic E-state index is 11.8. The van der Waals surface area contributed by atoms with Crippen molar-refractivity contribution < 1.29 is 19.7 Å². The number of hydrogen-bond donors (Lipinski definition) is 4. The number of aromatic nitrogens is 2. The topological polar surface area (TPSA) is 140 Å². The van der Waals surface area contributed by atoms with Gasteiger partial charge in [0.2, 0.25) is 5.91 Å². The van der Waals surface area contributed by atoms with Gasteiger partial charge in [0.05, 0.1) is 6.61 Å². The van der Waals surface area contributed by atoms with E-state index >= 15 is 0 Å². The summed E-state index contributed by atoms with van der Waals surface area (Å²) in [6.45, 7) is 0.838. The minimum atomic E-state index is -1.14. The van der Waals surface area contributed by atoms with Gasteiger partial charge in [-0.2, -0.15) is 4.98 Å². The molecule has 2 heterocycles. The highest BCUT2D eigenvalue weighted by Crippen LogP contribution is 2.28. The van der Waals surface area contributed by atoms with E-state index < -0.39 is 42.7 Å². The van der Waals surface area contributed by atoms with E-state index in [0.717, 1.165) is 4.57 Å². The Labute approximate surface area is 114 Å². The molecular weight excluding hydrogens is 268 g/mol. The Hall–Kier alpha value is -1.97. The lowest BCUT2D eigenvalue weighted by Crippen LogP contribution is -2.47. The minimum absolute atomic E-state index is 0.0552. The predicted octanol–water partition coefficient (Wildman–Crippen LogP) is -2.42. The molecule has 1 aliphatic heterocycles. The van der Waals surface area contributed by atoms with Crippen LogP contribution >= 0.6 is 0 Å². The van der Waals surface area contributed by atoms with E-state index in [1.54, 1.807) is 0 Å². The van der Waals surface area contributed by atoms with Crippen LogP contribution in [0.15, 0.2) is 17.1 Å². The van der Waals surface area contributed by atoms with Gasteiger partial charge in [-0.3, -0.25) is 9.36 Å². The number of nitrogens with one attached hydrogen (secondary N) is 1. The van der Waals surface area contributed by atoms with Gasteiger partial charge in [0.15, 0.2) is 6.23 Å². The van der Waals surface area contributed by atoms with Crippen molar-refractivity contribution in [2.75, 3.05) is 12.3 Å². The second-order valence-corrected chi connectivity index (χ2v) is 4.51. The summed E-state index contributed by atoms with van der Waals surface area (Å²) < 4.78 is 6.52. The lowest BCUT2D eigenvalue weighted by molar-refractivity contribution is -0.121. The van der Waals surface area contributed by atoms with Gasteiger partial charge in [-0.05, 0) is 6.07 Å². The highest BCUT2D eigenvalue weighted by Gasteiger charge is 2.45. The number of nitrogens with two attached hydrogens (primary N) is 1. The molecule has 4 atom stereocenters. The number of nitrogen functional groups attached to an aromatic ring is 1. The highest BCUT2D eigenvalue weighted by atomic mass is 16.5. The van der Waals surface area contributed by atoms with Crippen molar-refractivity contribution in [1.29, 1.82) is 0 Å². The molecule has 1 saturated heterocycles. The van der Waals surface area contributed by atoms with Crippen molar-refractivity contribution in [3.8, 4) is 0 Å². The van der Waals surface area contributed by atoms with Crippen LogP contribution in [0, 0.1) is 0 Å². The predicted molar refractivity (Wildman–Crippen MR) is 67.5 cm³/mol. The number of carbonyl (C=O) groups excluding carboxylic acids is 1. The van der Waals surface area contributed by atoms with Gasteiger partial charge in [-0.25, -0.2) is 4.79 Å². The van der Waals surface area contributed by atoms with E-state index in [-0.39, 0.29) is 5.82 Å². The zero-order chi connectivity index (χ0) is 14.9. The van der Waals surface area contributed by atoms with Crippen molar-refractivity contribution in [2.24, 2.45) is 0 Å². The minimum Gasteiger partial charge on any atom is -0.394 e. The summed E-state index contributed by atoms with van der Waals surface area (Å²) in [7, 11) is 0. The zero-order valence-electron chi connectivity index (χ0n) is 10.8. The first-order chi connectivity index (χ1) is 9.43. The van der Waals surface area contributed by atoms with Gasteiger partial charge in [0.25, 0.3) is 0 Å². The van der Waals surface area contributed by atoms with Crippen molar-refractivity contribution in [1.82, 2.24) is 14.9 Å². The molecule has 5 N–H and O–H groups in total. The Morgan fingerprint density at radius 3 is 2.90 bits per heavy atom. The molecule has 1 aliphatic rings. The fraction of sp³-hybridized carbons (Fsp3) is 0.545. The van der Waals surface area contributed by atoms with Crippen LogP contribution in [-0.2, 0) is 9.53 Å². The molecule has 0 saturated carbocycles. The molecule has 0 aromatic carbocycles. The van der Waals surface area contributed by atoms with Crippen LogP contribution in [0.5, 0.6) is 0 Å². The summed E-state index contributed by atoms with van der Waals surface area (Å²) in [6, 6.07) is 0.529. The van der Waals surface area contributed by atoms with Gasteiger partial charge in [0, 0.05) is 13.1 Å². The number of amides is 1. The first-order valence-electron chi connectivity index (χ1n) is 6.00. The third-order valence-corrected chi connectivity index (χ3v) is 3.05. The molecule has 0 bridgehead atoms. The monoisotopic (exact) mass is 284 g/mol. The number of aliphatic hydroxyl groups is 2. The molecule has 110 valence electrons. The summed E-state index contributed by atoms with van der Waals surface area (Å²) in [5.41, 5.74) is 4.73. The van der Waals surface area contributed by atoms with Crippen LogP contribution < -0.4 is 16.7 Å². The highest BCUT2D eigenvalue weighted by molar-refractivity contribution is 5.73. The van der Waals surface area contributed by atoms with E-state index in [1.165, 1.54) is 19.2 Å². The van der Waals surface area contributed by atoms with Gasteiger partial charge in [0.1, 0.15) is 24.1 Å². The quantitative estimate of drug-likeness (QED) is 0.484. The Morgan fingerprint density at radius 1 is 1.65 bits per heavy atom. The SMILES string of the molecule is CC(=O)N[C@@H]1[C@H](O)[C@@H](CO)O[C@H]1n1ccc(N)nc1=O. The molecule has 0 unspecified atom stereocenters. The van der Waals surface area contributed by atoms with Crippen molar-refractivity contribution >= 4 is 11.7 Å². The Kier molecular flexibility index (Phi) is 4.02. The van der Waals surface area contributed by atoms with Crippen molar-refractivity contribution in [2.45, 2.75) is 31.4 Å². The molecule has 9 heteroatoms. The van der Waals surface area contributed by atoms with Gasteiger partial charge in [-0.1, -0.05) is 0 Å². The Bertz CT molecular complexity index is 560. The van der Waals surface area contributed by atoms with Crippen LogP contribution in [0.4, 0.5) is 5.82 Å². The van der Waals surface area contributed by atoms with Gasteiger partial charge >= 0.3 is 5.69 Å². The Balaban J connectivity index is 2.36. The summed E-state index contributed by atoms with van der Waals surface area (Å²) in [4.78, 5) is 26.5. The molecule has 1 fully saturated rings. The molecular formula is C11H16N4O5. The van der Waals surface area contributed by atoms with E-state index in [2.05, 4.69) is 10.3 Å². The van der Waals surface area contributed by atoms with E-state index in [4.69, 9.17) is 15.6 Å². The van der Waals surface area contributed by atoms with Crippen LogP contribution in [0.1, 0.15) is 13.2 Å². The fourth-order valence-electron chi connectivity index (χ4n) is 2.14. The average molecular weight is 284 g/mol. The Morgan fingerprint density at radius 2 is 2.35 bits per heavy atom. The first kappa shape index (κ1) is 14.4. The molecule has 2 rings (SSSR count). The first-order valence-corrected chi connectivity index (χ1v) is 6.00. The fourth-order valence-corrected chi connectivity index (χ4v) is 2.14.